The Morgan fingerprint density at radius 1 is 1.07 bits per heavy atom. The fraction of sp³-hybridized carbons (Fsp3) is 0.136. The largest absolute Gasteiger partial charge is 0.478 e. The van der Waals surface area contributed by atoms with Crippen molar-refractivity contribution in [3.8, 4) is 11.3 Å². The lowest BCUT2D eigenvalue weighted by Gasteiger charge is -2.11. The summed E-state index contributed by atoms with van der Waals surface area (Å²) < 4.78 is 2.29. The Balaban J connectivity index is 1.46. The molecule has 6 heteroatoms. The van der Waals surface area contributed by atoms with Crippen LogP contribution < -0.4 is 5.32 Å². The van der Waals surface area contributed by atoms with Gasteiger partial charge in [-0.1, -0.05) is 30.3 Å². The van der Waals surface area contributed by atoms with Gasteiger partial charge < -0.3 is 15.0 Å². The van der Waals surface area contributed by atoms with Crippen molar-refractivity contribution < 1.29 is 9.90 Å². The van der Waals surface area contributed by atoms with Gasteiger partial charge in [-0.3, -0.25) is 0 Å². The van der Waals surface area contributed by atoms with Gasteiger partial charge in [-0.15, -0.1) is 0 Å². The first-order chi connectivity index (χ1) is 13.6. The number of benzene rings is 2. The lowest BCUT2D eigenvalue weighted by molar-refractivity contribution is 0.0697. The fourth-order valence-electron chi connectivity index (χ4n) is 3.34. The molecule has 6 nitrogen and oxygen atoms in total. The quantitative estimate of drug-likeness (QED) is 0.530. The lowest BCUT2D eigenvalue weighted by atomic mass is 10.1. The molecule has 0 saturated carbocycles. The van der Waals surface area contributed by atoms with Gasteiger partial charge in [0.15, 0.2) is 0 Å². The molecule has 0 radical (unpaired) electrons. The van der Waals surface area contributed by atoms with Crippen molar-refractivity contribution in [3.63, 3.8) is 0 Å². The summed E-state index contributed by atoms with van der Waals surface area (Å²) in [4.78, 5) is 19.6. The molecule has 4 rings (SSSR count). The second kappa shape index (κ2) is 7.52. The van der Waals surface area contributed by atoms with Crippen LogP contribution in [-0.2, 0) is 6.54 Å². The van der Waals surface area contributed by atoms with Crippen LogP contribution in [0.15, 0.2) is 67.0 Å². The minimum Gasteiger partial charge on any atom is -0.478 e. The Morgan fingerprint density at radius 2 is 1.86 bits per heavy atom. The number of fused-ring (bicyclic) bond motifs is 1. The Morgan fingerprint density at radius 3 is 2.64 bits per heavy atom. The van der Waals surface area contributed by atoms with Crippen LogP contribution >= 0.6 is 0 Å². The molecule has 0 spiro atoms. The number of hydrogen-bond acceptors (Lipinski definition) is 4. The molecule has 140 valence electrons. The zero-order valence-electron chi connectivity index (χ0n) is 15.5. The molecule has 2 aromatic carbocycles. The summed E-state index contributed by atoms with van der Waals surface area (Å²) in [5, 5.41) is 13.6. The van der Waals surface area contributed by atoms with Gasteiger partial charge in [-0.25, -0.2) is 14.8 Å². The monoisotopic (exact) mass is 372 g/mol. The van der Waals surface area contributed by atoms with Crippen LogP contribution in [0.4, 0.5) is 5.82 Å². The summed E-state index contributed by atoms with van der Waals surface area (Å²) in [5.41, 5.74) is 4.30. The van der Waals surface area contributed by atoms with Gasteiger partial charge in [0.05, 0.1) is 11.3 Å². The van der Waals surface area contributed by atoms with Crippen molar-refractivity contribution in [1.29, 1.82) is 0 Å². The number of para-hydroxylation sites is 1. The first-order valence-electron chi connectivity index (χ1n) is 9.06. The van der Waals surface area contributed by atoms with Crippen LogP contribution in [-0.4, -0.2) is 32.2 Å². The average molecular weight is 372 g/mol. The van der Waals surface area contributed by atoms with Gasteiger partial charge in [-0.05, 0) is 36.6 Å². The molecule has 0 saturated heterocycles. The smallest absolute Gasteiger partial charge is 0.335 e. The Hall–Kier alpha value is -3.67. The highest BCUT2D eigenvalue weighted by Crippen LogP contribution is 2.21. The summed E-state index contributed by atoms with van der Waals surface area (Å²) in [6, 6.07) is 19.1. The second-order valence-electron chi connectivity index (χ2n) is 6.59. The topological polar surface area (TPSA) is 80.0 Å². The van der Waals surface area contributed by atoms with Crippen molar-refractivity contribution in [2.75, 3.05) is 11.9 Å². The van der Waals surface area contributed by atoms with Crippen molar-refractivity contribution >= 4 is 22.7 Å². The molecule has 4 aromatic rings. The number of aryl methyl sites for hydroxylation is 1. The predicted molar refractivity (Wildman–Crippen MR) is 110 cm³/mol. The minimum absolute atomic E-state index is 0.255. The molecule has 0 unspecified atom stereocenters. The number of hydrogen-bond donors (Lipinski definition) is 2. The van der Waals surface area contributed by atoms with Crippen LogP contribution in [0.1, 0.15) is 16.1 Å². The fourth-order valence-corrected chi connectivity index (χ4v) is 3.34. The molecule has 28 heavy (non-hydrogen) atoms. The number of aromatic nitrogens is 3. The maximum atomic E-state index is 11.0. The molecule has 2 N–H and O–H groups in total. The predicted octanol–water partition coefficient (Wildman–Crippen LogP) is 4.22. The van der Waals surface area contributed by atoms with Crippen LogP contribution in [0.3, 0.4) is 0 Å². The van der Waals surface area contributed by atoms with Crippen LogP contribution in [0.2, 0.25) is 0 Å². The molecular formula is C22H20N4O2. The van der Waals surface area contributed by atoms with Gasteiger partial charge in [0, 0.05) is 35.9 Å². The van der Waals surface area contributed by atoms with E-state index in [1.54, 1.807) is 24.3 Å². The van der Waals surface area contributed by atoms with E-state index in [0.717, 1.165) is 30.2 Å². The summed E-state index contributed by atoms with van der Waals surface area (Å²) in [5.74, 6) is -0.203. The molecule has 2 aromatic heterocycles. The van der Waals surface area contributed by atoms with E-state index in [9.17, 15) is 4.79 Å². The third-order valence-electron chi connectivity index (χ3n) is 4.75. The van der Waals surface area contributed by atoms with Crippen LogP contribution in [0, 0.1) is 6.92 Å². The van der Waals surface area contributed by atoms with E-state index in [0.29, 0.717) is 0 Å². The van der Waals surface area contributed by atoms with Gasteiger partial charge >= 0.3 is 5.97 Å². The Labute approximate surface area is 162 Å². The molecular weight excluding hydrogens is 352 g/mol. The normalized spacial score (nSPS) is 10.9. The number of rotatable bonds is 6. The number of anilines is 1. The molecule has 0 aliphatic heterocycles. The first kappa shape index (κ1) is 17.7. The number of aromatic carboxylic acids is 1. The SMILES string of the molecule is Cc1cc2ccccc2n1CCNc1cc(-c2ccc(C(=O)O)cc2)ncn1. The highest BCUT2D eigenvalue weighted by molar-refractivity contribution is 5.88. The highest BCUT2D eigenvalue weighted by Gasteiger charge is 2.07. The van der Waals surface area contributed by atoms with Crippen molar-refractivity contribution in [1.82, 2.24) is 14.5 Å². The number of nitrogens with zero attached hydrogens (tertiary/aromatic N) is 3. The maximum absolute atomic E-state index is 11.0. The van der Waals surface area contributed by atoms with Crippen molar-refractivity contribution in [3.05, 3.63) is 78.2 Å². The zero-order valence-corrected chi connectivity index (χ0v) is 15.5. The average Bonchev–Trinajstić information content (AvgIpc) is 3.04. The van der Waals surface area contributed by atoms with Gasteiger partial charge in [-0.2, -0.15) is 0 Å². The molecule has 2 heterocycles. The van der Waals surface area contributed by atoms with E-state index in [1.807, 2.05) is 6.07 Å². The van der Waals surface area contributed by atoms with E-state index in [2.05, 4.69) is 57.1 Å². The van der Waals surface area contributed by atoms with E-state index in [1.165, 1.54) is 22.9 Å². The highest BCUT2D eigenvalue weighted by atomic mass is 16.4. The second-order valence-corrected chi connectivity index (χ2v) is 6.59. The van der Waals surface area contributed by atoms with Gasteiger partial charge in [0.25, 0.3) is 0 Å². The van der Waals surface area contributed by atoms with Gasteiger partial charge in [0.1, 0.15) is 12.1 Å². The number of carboxylic acids is 1. The first-order valence-corrected chi connectivity index (χ1v) is 9.06. The molecule has 0 aliphatic carbocycles. The summed E-state index contributed by atoms with van der Waals surface area (Å²) in [6.45, 7) is 3.67. The number of carboxylic acid groups (broad SMARTS) is 1. The lowest BCUT2D eigenvalue weighted by Crippen LogP contribution is -2.12. The summed E-state index contributed by atoms with van der Waals surface area (Å²) in [7, 11) is 0. The van der Waals surface area contributed by atoms with Crippen molar-refractivity contribution in [2.24, 2.45) is 0 Å². The Kier molecular flexibility index (Phi) is 4.76. The van der Waals surface area contributed by atoms with E-state index in [4.69, 9.17) is 5.11 Å². The maximum Gasteiger partial charge on any atom is 0.335 e. The van der Waals surface area contributed by atoms with E-state index < -0.39 is 5.97 Å². The van der Waals surface area contributed by atoms with Crippen LogP contribution in [0.25, 0.3) is 22.2 Å². The standard InChI is InChI=1S/C22H20N4O2/c1-15-12-18-4-2-3-5-20(18)26(15)11-10-23-21-13-19(24-14-25-21)16-6-8-17(9-7-16)22(27)28/h2-9,12-14H,10-11H2,1H3,(H,27,28)(H,23,24,25). The number of nitrogens with one attached hydrogen (secondary N) is 1. The van der Waals surface area contributed by atoms with E-state index >= 15 is 0 Å². The molecule has 0 aliphatic rings. The third-order valence-corrected chi connectivity index (χ3v) is 4.75. The molecule has 0 bridgehead atoms. The zero-order chi connectivity index (χ0) is 19.5. The Bertz CT molecular complexity index is 1130. The molecule has 0 fully saturated rings. The minimum atomic E-state index is -0.940. The molecule has 0 atom stereocenters. The number of carbonyl (C=O) groups is 1. The summed E-state index contributed by atoms with van der Waals surface area (Å²) in [6.07, 6.45) is 1.51. The van der Waals surface area contributed by atoms with Crippen LogP contribution in [0.5, 0.6) is 0 Å². The molecule has 0 amide bonds. The van der Waals surface area contributed by atoms with Crippen molar-refractivity contribution in [2.45, 2.75) is 13.5 Å². The van der Waals surface area contributed by atoms with E-state index in [-0.39, 0.29) is 5.56 Å². The van der Waals surface area contributed by atoms with Gasteiger partial charge in [0.2, 0.25) is 0 Å². The summed E-state index contributed by atoms with van der Waals surface area (Å²) >= 11 is 0. The third kappa shape index (κ3) is 3.57.